The average Bonchev–Trinajstić information content (AvgIpc) is 2.17. The highest BCUT2D eigenvalue weighted by molar-refractivity contribution is 6.29. The summed E-state index contributed by atoms with van der Waals surface area (Å²) in [6.45, 7) is 8.62. The Kier molecular flexibility index (Phi) is 4.69. The van der Waals surface area contributed by atoms with Crippen LogP contribution < -0.4 is 0 Å². The fraction of sp³-hybridized carbons (Fsp3) is 0.667. The number of ether oxygens (including phenoxy) is 1. The lowest BCUT2D eigenvalue weighted by Crippen LogP contribution is -2.25. The molecular formula is C12H19ClN2O. The third kappa shape index (κ3) is 3.42. The smallest absolute Gasteiger partial charge is 0.161 e. The first-order valence-corrected chi connectivity index (χ1v) is 6.05. The third-order valence-electron chi connectivity index (χ3n) is 2.30. The molecule has 0 aliphatic rings. The van der Waals surface area contributed by atoms with Crippen molar-refractivity contribution in [3.05, 3.63) is 22.7 Å². The lowest BCUT2D eigenvalue weighted by molar-refractivity contribution is -0.0209. The molecule has 0 bridgehead atoms. The van der Waals surface area contributed by atoms with Gasteiger partial charge in [0.25, 0.3) is 0 Å². The highest BCUT2D eigenvalue weighted by atomic mass is 35.5. The number of hydrogen-bond acceptors (Lipinski definition) is 3. The van der Waals surface area contributed by atoms with E-state index in [0.29, 0.717) is 17.6 Å². The molecule has 0 aliphatic carbocycles. The molecule has 1 rings (SSSR count). The first-order valence-electron chi connectivity index (χ1n) is 5.67. The van der Waals surface area contributed by atoms with Crippen molar-refractivity contribution in [1.29, 1.82) is 0 Å². The molecule has 0 unspecified atom stereocenters. The Balaban J connectivity index is 3.03. The molecule has 0 saturated carbocycles. The van der Waals surface area contributed by atoms with Crippen LogP contribution >= 0.6 is 11.6 Å². The van der Waals surface area contributed by atoms with Crippen LogP contribution in [0.2, 0.25) is 5.15 Å². The van der Waals surface area contributed by atoms with Gasteiger partial charge in [-0.05, 0) is 33.3 Å². The van der Waals surface area contributed by atoms with E-state index in [1.807, 2.05) is 26.8 Å². The zero-order valence-electron chi connectivity index (χ0n) is 10.4. The van der Waals surface area contributed by atoms with E-state index in [9.17, 15) is 0 Å². The zero-order valence-corrected chi connectivity index (χ0v) is 11.1. The molecule has 0 spiro atoms. The fourth-order valence-electron chi connectivity index (χ4n) is 1.54. The van der Waals surface area contributed by atoms with Gasteiger partial charge in [0.05, 0.1) is 0 Å². The van der Waals surface area contributed by atoms with Crippen molar-refractivity contribution < 1.29 is 4.74 Å². The molecule has 0 amide bonds. The van der Waals surface area contributed by atoms with Crippen molar-refractivity contribution in [2.45, 2.75) is 46.1 Å². The molecule has 0 saturated heterocycles. The largest absolute Gasteiger partial charge is 0.368 e. The van der Waals surface area contributed by atoms with Crippen LogP contribution in [0.3, 0.4) is 0 Å². The van der Waals surface area contributed by atoms with E-state index in [-0.39, 0.29) is 0 Å². The quantitative estimate of drug-likeness (QED) is 0.743. The van der Waals surface area contributed by atoms with E-state index in [1.165, 1.54) is 0 Å². The van der Waals surface area contributed by atoms with Gasteiger partial charge in [-0.1, -0.05) is 24.9 Å². The molecule has 90 valence electrons. The SMILES string of the molecule is CCCc1cc(Cl)nc(C(C)(C)OCC)n1. The highest BCUT2D eigenvalue weighted by Crippen LogP contribution is 2.23. The second-order valence-corrected chi connectivity index (χ2v) is 4.59. The molecule has 4 heteroatoms. The molecule has 16 heavy (non-hydrogen) atoms. The van der Waals surface area contributed by atoms with Gasteiger partial charge in [-0.25, -0.2) is 9.97 Å². The molecule has 1 heterocycles. The summed E-state index contributed by atoms with van der Waals surface area (Å²) < 4.78 is 5.62. The molecule has 1 aromatic rings. The first kappa shape index (κ1) is 13.4. The van der Waals surface area contributed by atoms with Gasteiger partial charge < -0.3 is 4.74 Å². The van der Waals surface area contributed by atoms with Gasteiger partial charge in [-0.2, -0.15) is 0 Å². The van der Waals surface area contributed by atoms with Gasteiger partial charge in [0.2, 0.25) is 0 Å². The van der Waals surface area contributed by atoms with E-state index in [4.69, 9.17) is 16.3 Å². The topological polar surface area (TPSA) is 35.0 Å². The van der Waals surface area contributed by atoms with Crippen LogP contribution in [0, 0.1) is 0 Å². The monoisotopic (exact) mass is 242 g/mol. The highest BCUT2D eigenvalue weighted by Gasteiger charge is 2.25. The maximum absolute atomic E-state index is 5.99. The van der Waals surface area contributed by atoms with E-state index in [2.05, 4.69) is 16.9 Å². The van der Waals surface area contributed by atoms with Crippen molar-refractivity contribution >= 4 is 11.6 Å². The van der Waals surface area contributed by atoms with Crippen molar-refractivity contribution in [1.82, 2.24) is 9.97 Å². The van der Waals surface area contributed by atoms with Crippen molar-refractivity contribution in [3.8, 4) is 0 Å². The Morgan fingerprint density at radius 1 is 1.31 bits per heavy atom. The van der Waals surface area contributed by atoms with Gasteiger partial charge in [0, 0.05) is 12.3 Å². The van der Waals surface area contributed by atoms with Crippen LogP contribution in [0.5, 0.6) is 0 Å². The third-order valence-corrected chi connectivity index (χ3v) is 2.49. The molecule has 3 nitrogen and oxygen atoms in total. The van der Waals surface area contributed by atoms with Crippen LogP contribution in [0.4, 0.5) is 0 Å². The Hall–Kier alpha value is -0.670. The van der Waals surface area contributed by atoms with Gasteiger partial charge in [0.15, 0.2) is 5.82 Å². The number of halogens is 1. The Labute approximate surface area is 102 Å². The zero-order chi connectivity index (χ0) is 12.2. The summed E-state index contributed by atoms with van der Waals surface area (Å²) in [4.78, 5) is 8.73. The van der Waals surface area contributed by atoms with Gasteiger partial charge >= 0.3 is 0 Å². The molecule has 0 aromatic carbocycles. The first-order chi connectivity index (χ1) is 7.49. The van der Waals surface area contributed by atoms with Crippen molar-refractivity contribution in [3.63, 3.8) is 0 Å². The lowest BCUT2D eigenvalue weighted by atomic mass is 10.1. The maximum atomic E-state index is 5.99. The fourth-order valence-corrected chi connectivity index (χ4v) is 1.75. The molecule has 0 aliphatic heterocycles. The summed E-state index contributed by atoms with van der Waals surface area (Å²) in [6, 6.07) is 1.82. The average molecular weight is 243 g/mol. The molecule has 0 N–H and O–H groups in total. The number of aryl methyl sites for hydroxylation is 1. The Bertz CT molecular complexity index is 353. The standard InChI is InChI=1S/C12H19ClN2O/c1-5-7-9-8-10(13)15-11(14-9)12(3,4)16-6-2/h8H,5-7H2,1-4H3. The summed E-state index contributed by atoms with van der Waals surface area (Å²) in [7, 11) is 0. The van der Waals surface area contributed by atoms with Gasteiger partial charge in [-0.3, -0.25) is 0 Å². The number of rotatable bonds is 5. The van der Waals surface area contributed by atoms with E-state index < -0.39 is 5.60 Å². The Morgan fingerprint density at radius 2 is 2.00 bits per heavy atom. The predicted molar refractivity (Wildman–Crippen MR) is 65.7 cm³/mol. The van der Waals surface area contributed by atoms with E-state index >= 15 is 0 Å². The normalized spacial score (nSPS) is 11.8. The summed E-state index contributed by atoms with van der Waals surface area (Å²) in [6.07, 6.45) is 1.96. The molecule has 0 radical (unpaired) electrons. The molecule has 0 atom stereocenters. The Morgan fingerprint density at radius 3 is 2.56 bits per heavy atom. The van der Waals surface area contributed by atoms with Gasteiger partial charge in [-0.15, -0.1) is 0 Å². The summed E-state index contributed by atoms with van der Waals surface area (Å²) in [5, 5.41) is 0.487. The number of hydrogen-bond donors (Lipinski definition) is 0. The number of nitrogens with zero attached hydrogens (tertiary/aromatic N) is 2. The number of aromatic nitrogens is 2. The molecule has 1 aromatic heterocycles. The summed E-state index contributed by atoms with van der Waals surface area (Å²) in [5.74, 6) is 0.658. The second-order valence-electron chi connectivity index (χ2n) is 4.20. The van der Waals surface area contributed by atoms with Gasteiger partial charge in [0.1, 0.15) is 10.8 Å². The predicted octanol–water partition coefficient (Wildman–Crippen LogP) is 3.35. The maximum Gasteiger partial charge on any atom is 0.161 e. The van der Waals surface area contributed by atoms with Crippen LogP contribution in [-0.2, 0) is 16.8 Å². The minimum atomic E-state index is -0.484. The lowest BCUT2D eigenvalue weighted by Gasteiger charge is -2.23. The van der Waals surface area contributed by atoms with Crippen LogP contribution in [0.15, 0.2) is 6.07 Å². The van der Waals surface area contributed by atoms with E-state index in [0.717, 1.165) is 18.5 Å². The van der Waals surface area contributed by atoms with Crippen LogP contribution in [-0.4, -0.2) is 16.6 Å². The van der Waals surface area contributed by atoms with Crippen LogP contribution in [0.1, 0.15) is 45.6 Å². The minimum absolute atomic E-state index is 0.484. The molecule has 0 fully saturated rings. The van der Waals surface area contributed by atoms with Crippen LogP contribution in [0.25, 0.3) is 0 Å². The minimum Gasteiger partial charge on any atom is -0.368 e. The summed E-state index contributed by atoms with van der Waals surface area (Å²) in [5.41, 5.74) is 0.493. The van der Waals surface area contributed by atoms with Crippen molar-refractivity contribution in [2.24, 2.45) is 0 Å². The molecular weight excluding hydrogens is 224 g/mol. The summed E-state index contributed by atoms with van der Waals surface area (Å²) >= 11 is 5.99. The van der Waals surface area contributed by atoms with E-state index in [1.54, 1.807) is 0 Å². The van der Waals surface area contributed by atoms with Crippen molar-refractivity contribution in [2.75, 3.05) is 6.61 Å². The second kappa shape index (κ2) is 5.60.